The van der Waals surface area contributed by atoms with Gasteiger partial charge in [-0.15, -0.1) is 0 Å². The first-order valence-corrected chi connectivity index (χ1v) is 10.3. The first kappa shape index (κ1) is 19.8. The van der Waals surface area contributed by atoms with E-state index >= 15 is 0 Å². The number of ether oxygens (including phenoxy) is 2. The fourth-order valence-corrected chi connectivity index (χ4v) is 4.49. The van der Waals surface area contributed by atoms with Crippen molar-refractivity contribution in [3.05, 3.63) is 54.1 Å². The van der Waals surface area contributed by atoms with Gasteiger partial charge in [-0.05, 0) is 54.5 Å². The number of amides is 1. The number of hydrogen-bond donors (Lipinski definition) is 1. The van der Waals surface area contributed by atoms with Gasteiger partial charge in [-0.3, -0.25) is 9.10 Å². The molecule has 0 unspecified atom stereocenters. The van der Waals surface area contributed by atoms with Gasteiger partial charge in [0.05, 0.1) is 25.7 Å². The van der Waals surface area contributed by atoms with Crippen molar-refractivity contribution >= 4 is 33.4 Å². The topological polar surface area (TPSA) is 84.9 Å². The van der Waals surface area contributed by atoms with Crippen LogP contribution < -0.4 is 19.1 Å². The molecule has 2 aromatic rings. The molecule has 1 heterocycles. The van der Waals surface area contributed by atoms with Crippen LogP contribution in [0.3, 0.4) is 0 Å². The second-order valence-corrected chi connectivity index (χ2v) is 8.27. The van der Waals surface area contributed by atoms with Gasteiger partial charge in [-0.25, -0.2) is 8.42 Å². The standard InChI is InChI=1S/C20H22N2O5S/c1-26-18-12-15(13-19(14-18)27-2)4-9-20(23)21-16-5-7-17(8-6-16)22-10-3-11-28(22,24)25/h4-9,12-14H,3,10-11H2,1-2H3,(H,21,23)/b9-4+. The van der Waals surface area contributed by atoms with Crippen LogP contribution in [0.1, 0.15) is 12.0 Å². The van der Waals surface area contributed by atoms with Crippen molar-refractivity contribution in [2.75, 3.05) is 36.1 Å². The molecule has 1 saturated heterocycles. The van der Waals surface area contributed by atoms with Gasteiger partial charge in [0.15, 0.2) is 0 Å². The Morgan fingerprint density at radius 3 is 2.25 bits per heavy atom. The average Bonchev–Trinajstić information content (AvgIpc) is 3.05. The fraction of sp³-hybridized carbons (Fsp3) is 0.250. The molecule has 0 atom stereocenters. The third-order valence-electron chi connectivity index (χ3n) is 4.32. The van der Waals surface area contributed by atoms with Crippen molar-refractivity contribution in [2.24, 2.45) is 0 Å². The normalized spacial score (nSPS) is 15.6. The third kappa shape index (κ3) is 4.64. The van der Waals surface area contributed by atoms with E-state index in [0.29, 0.717) is 35.8 Å². The number of sulfonamides is 1. The van der Waals surface area contributed by atoms with Crippen LogP contribution in [0.5, 0.6) is 11.5 Å². The molecule has 3 rings (SSSR count). The summed E-state index contributed by atoms with van der Waals surface area (Å²) in [4.78, 5) is 12.2. The second-order valence-electron chi connectivity index (χ2n) is 6.26. The summed E-state index contributed by atoms with van der Waals surface area (Å²) in [7, 11) is -0.0895. The SMILES string of the molecule is COc1cc(/C=C/C(=O)Nc2ccc(N3CCCS3(=O)=O)cc2)cc(OC)c1. The predicted molar refractivity (Wildman–Crippen MR) is 109 cm³/mol. The van der Waals surface area contributed by atoms with Crippen molar-refractivity contribution in [1.29, 1.82) is 0 Å². The molecule has 1 amide bonds. The fourth-order valence-electron chi connectivity index (χ4n) is 2.92. The van der Waals surface area contributed by atoms with Crippen molar-refractivity contribution in [3.8, 4) is 11.5 Å². The Morgan fingerprint density at radius 1 is 1.07 bits per heavy atom. The molecule has 1 aliphatic rings. The summed E-state index contributed by atoms with van der Waals surface area (Å²) < 4.78 is 35.7. The molecule has 7 nitrogen and oxygen atoms in total. The predicted octanol–water partition coefficient (Wildman–Crippen LogP) is 2.90. The highest BCUT2D eigenvalue weighted by Crippen LogP contribution is 2.26. The lowest BCUT2D eigenvalue weighted by Gasteiger charge is -2.17. The molecule has 0 bridgehead atoms. The molecule has 0 spiro atoms. The minimum absolute atomic E-state index is 0.172. The lowest BCUT2D eigenvalue weighted by molar-refractivity contribution is -0.111. The summed E-state index contributed by atoms with van der Waals surface area (Å²) in [5.74, 6) is 1.13. The summed E-state index contributed by atoms with van der Waals surface area (Å²) in [6.07, 6.45) is 3.69. The number of rotatable bonds is 6. The van der Waals surface area contributed by atoms with Crippen molar-refractivity contribution in [1.82, 2.24) is 0 Å². The Hall–Kier alpha value is -3.00. The maximum atomic E-state index is 12.2. The molecular formula is C20H22N2O5S. The van der Waals surface area contributed by atoms with Gasteiger partial charge in [-0.2, -0.15) is 0 Å². The number of anilines is 2. The molecule has 0 saturated carbocycles. The highest BCUT2D eigenvalue weighted by Gasteiger charge is 2.28. The largest absolute Gasteiger partial charge is 0.497 e. The molecule has 1 aliphatic heterocycles. The Labute approximate surface area is 164 Å². The molecule has 0 aliphatic carbocycles. The van der Waals surface area contributed by atoms with Gasteiger partial charge in [-0.1, -0.05) is 0 Å². The number of nitrogens with one attached hydrogen (secondary N) is 1. The van der Waals surface area contributed by atoms with Crippen LogP contribution in [-0.2, 0) is 14.8 Å². The number of nitrogens with zero attached hydrogens (tertiary/aromatic N) is 1. The maximum Gasteiger partial charge on any atom is 0.248 e. The zero-order valence-electron chi connectivity index (χ0n) is 15.7. The number of carbonyl (C=O) groups excluding carboxylic acids is 1. The van der Waals surface area contributed by atoms with Gasteiger partial charge in [0, 0.05) is 24.4 Å². The highest BCUT2D eigenvalue weighted by molar-refractivity contribution is 7.93. The molecular weight excluding hydrogens is 380 g/mol. The Kier molecular flexibility index (Phi) is 5.89. The van der Waals surface area contributed by atoms with Crippen LogP contribution in [0.25, 0.3) is 6.08 Å². The van der Waals surface area contributed by atoms with E-state index in [9.17, 15) is 13.2 Å². The minimum Gasteiger partial charge on any atom is -0.497 e. The van der Waals surface area contributed by atoms with Gasteiger partial charge in [0.1, 0.15) is 11.5 Å². The number of hydrogen-bond acceptors (Lipinski definition) is 5. The first-order chi connectivity index (χ1) is 13.4. The number of carbonyl (C=O) groups is 1. The minimum atomic E-state index is -3.21. The van der Waals surface area contributed by atoms with Crippen LogP contribution in [0.4, 0.5) is 11.4 Å². The summed E-state index contributed by atoms with van der Waals surface area (Å²) >= 11 is 0. The van der Waals surface area contributed by atoms with Gasteiger partial charge in [0.25, 0.3) is 0 Å². The van der Waals surface area contributed by atoms with Crippen LogP contribution in [0, 0.1) is 0 Å². The molecule has 0 radical (unpaired) electrons. The zero-order valence-corrected chi connectivity index (χ0v) is 16.5. The third-order valence-corrected chi connectivity index (χ3v) is 6.19. The van der Waals surface area contributed by atoms with Gasteiger partial charge < -0.3 is 14.8 Å². The zero-order chi connectivity index (χ0) is 20.1. The van der Waals surface area contributed by atoms with Gasteiger partial charge >= 0.3 is 0 Å². The smallest absolute Gasteiger partial charge is 0.248 e. The van der Waals surface area contributed by atoms with E-state index in [0.717, 1.165) is 5.56 Å². The Balaban J connectivity index is 1.66. The van der Waals surface area contributed by atoms with Gasteiger partial charge in [0.2, 0.25) is 15.9 Å². The monoisotopic (exact) mass is 402 g/mol. The van der Waals surface area contributed by atoms with E-state index < -0.39 is 10.0 Å². The number of methoxy groups -OCH3 is 2. The molecule has 1 fully saturated rings. The Bertz CT molecular complexity index is 962. The second kappa shape index (κ2) is 8.35. The first-order valence-electron chi connectivity index (χ1n) is 8.74. The van der Waals surface area contributed by atoms with E-state index in [1.165, 1.54) is 10.4 Å². The molecule has 2 aromatic carbocycles. The van der Waals surface area contributed by atoms with E-state index in [2.05, 4.69) is 5.32 Å². The Morgan fingerprint density at radius 2 is 1.71 bits per heavy atom. The summed E-state index contributed by atoms with van der Waals surface area (Å²) in [6.45, 7) is 0.487. The van der Waals surface area contributed by atoms with E-state index in [4.69, 9.17) is 9.47 Å². The van der Waals surface area contributed by atoms with Crippen molar-refractivity contribution < 1.29 is 22.7 Å². The van der Waals surface area contributed by atoms with Crippen LogP contribution in [0.15, 0.2) is 48.5 Å². The van der Waals surface area contributed by atoms with Crippen LogP contribution in [-0.4, -0.2) is 40.8 Å². The molecule has 0 aromatic heterocycles. The van der Waals surface area contributed by atoms with Crippen molar-refractivity contribution in [3.63, 3.8) is 0 Å². The van der Waals surface area contributed by atoms with Crippen LogP contribution in [0.2, 0.25) is 0 Å². The quantitative estimate of drug-likeness (QED) is 0.751. The van der Waals surface area contributed by atoms with E-state index in [1.807, 2.05) is 0 Å². The average molecular weight is 402 g/mol. The van der Waals surface area contributed by atoms with E-state index in [1.54, 1.807) is 62.8 Å². The molecule has 1 N–H and O–H groups in total. The summed E-state index contributed by atoms with van der Waals surface area (Å²) in [5, 5.41) is 2.75. The number of benzene rings is 2. The summed E-state index contributed by atoms with van der Waals surface area (Å²) in [5.41, 5.74) is 1.95. The van der Waals surface area contributed by atoms with Crippen LogP contribution >= 0.6 is 0 Å². The van der Waals surface area contributed by atoms with E-state index in [-0.39, 0.29) is 11.7 Å². The summed E-state index contributed by atoms with van der Waals surface area (Å²) in [6, 6.07) is 12.1. The van der Waals surface area contributed by atoms with Crippen molar-refractivity contribution in [2.45, 2.75) is 6.42 Å². The lowest BCUT2D eigenvalue weighted by atomic mass is 10.2. The molecule has 28 heavy (non-hydrogen) atoms. The maximum absolute atomic E-state index is 12.2. The lowest BCUT2D eigenvalue weighted by Crippen LogP contribution is -2.24. The molecule has 8 heteroatoms. The highest BCUT2D eigenvalue weighted by atomic mass is 32.2. The molecule has 148 valence electrons.